The van der Waals surface area contributed by atoms with E-state index >= 15 is 0 Å². The maximum atomic E-state index is 5.56. The van der Waals surface area contributed by atoms with Crippen molar-refractivity contribution in [2.24, 2.45) is 0 Å². The Bertz CT molecular complexity index is 431. The Labute approximate surface area is 81.2 Å². The third-order valence-electron chi connectivity index (χ3n) is 1.90. The third-order valence-corrected chi connectivity index (χ3v) is 2.07. The summed E-state index contributed by atoms with van der Waals surface area (Å²) >= 11 is 5.56. The van der Waals surface area contributed by atoms with Crippen LogP contribution in [-0.2, 0) is 0 Å². The Balaban J connectivity index is 2.54. The van der Waals surface area contributed by atoms with Crippen molar-refractivity contribution in [2.45, 2.75) is 0 Å². The monoisotopic (exact) mass is 192 g/mol. The van der Waals surface area contributed by atoms with Crippen molar-refractivity contribution in [1.29, 1.82) is 0 Å². The maximum Gasteiger partial charge on any atom is 0.0722 e. The zero-order chi connectivity index (χ0) is 9.10. The number of H-pyrrole nitrogens is 1. The average molecular weight is 193 g/mol. The second-order valence-electron chi connectivity index (χ2n) is 2.74. The minimum Gasteiger partial charge on any atom is -0.277 e. The number of allylic oxidation sites excluding steroid dienone is 1. The van der Waals surface area contributed by atoms with E-state index in [1.807, 2.05) is 36.5 Å². The highest BCUT2D eigenvalue weighted by Crippen LogP contribution is 2.16. The number of hydrogen-bond donors (Lipinski definition) is 1. The Hall–Kier alpha value is -1.28. The summed E-state index contributed by atoms with van der Waals surface area (Å²) < 4.78 is 0. The molecule has 0 radical (unpaired) electrons. The van der Waals surface area contributed by atoms with Gasteiger partial charge in [0.15, 0.2) is 0 Å². The van der Waals surface area contributed by atoms with Gasteiger partial charge in [0.05, 0.1) is 11.7 Å². The molecule has 2 aromatic rings. The topological polar surface area (TPSA) is 28.7 Å². The lowest BCUT2D eigenvalue weighted by Crippen LogP contribution is -1.76. The number of para-hydroxylation sites is 1. The van der Waals surface area contributed by atoms with Gasteiger partial charge in [-0.2, -0.15) is 5.10 Å². The molecule has 2 rings (SSSR count). The van der Waals surface area contributed by atoms with Crippen LogP contribution >= 0.6 is 11.6 Å². The molecule has 1 aromatic heterocycles. The molecule has 1 N–H and O–H groups in total. The summed E-state index contributed by atoms with van der Waals surface area (Å²) in [5.41, 5.74) is 2.18. The second kappa shape index (κ2) is 3.62. The molecule has 0 spiro atoms. The lowest BCUT2D eigenvalue weighted by Gasteiger charge is -1.94. The fourth-order valence-electron chi connectivity index (χ4n) is 1.30. The molecule has 0 aliphatic heterocycles. The summed E-state index contributed by atoms with van der Waals surface area (Å²) in [4.78, 5) is 0. The standard InChI is InChI=1S/C10H9ClN2/c11-6-2-5-8-3-1-4-9-7-12-13-10(8)9/h1-5,7H,6H2,(H,12,13). The van der Waals surface area contributed by atoms with Crippen LogP contribution in [0.2, 0.25) is 0 Å². The molecular formula is C10H9ClN2. The van der Waals surface area contributed by atoms with Crippen LogP contribution in [0.5, 0.6) is 0 Å². The number of nitrogens with zero attached hydrogens (tertiary/aromatic N) is 1. The van der Waals surface area contributed by atoms with E-state index < -0.39 is 0 Å². The van der Waals surface area contributed by atoms with Crippen LogP contribution in [0.15, 0.2) is 30.5 Å². The zero-order valence-corrected chi connectivity index (χ0v) is 7.75. The van der Waals surface area contributed by atoms with Crippen molar-refractivity contribution in [2.75, 3.05) is 5.88 Å². The lowest BCUT2D eigenvalue weighted by atomic mass is 10.1. The van der Waals surface area contributed by atoms with E-state index in [0.717, 1.165) is 16.5 Å². The molecule has 0 saturated carbocycles. The Morgan fingerprint density at radius 2 is 2.38 bits per heavy atom. The first-order valence-electron chi connectivity index (χ1n) is 4.06. The van der Waals surface area contributed by atoms with Gasteiger partial charge in [-0.05, 0) is 5.56 Å². The van der Waals surface area contributed by atoms with Crippen LogP contribution in [0.1, 0.15) is 5.56 Å². The summed E-state index contributed by atoms with van der Waals surface area (Å²) in [6.07, 6.45) is 5.72. The predicted octanol–water partition coefficient (Wildman–Crippen LogP) is 2.81. The van der Waals surface area contributed by atoms with E-state index in [2.05, 4.69) is 10.2 Å². The molecule has 66 valence electrons. The molecule has 0 aliphatic rings. The summed E-state index contributed by atoms with van der Waals surface area (Å²) in [7, 11) is 0. The third kappa shape index (κ3) is 1.58. The number of nitrogens with one attached hydrogen (secondary N) is 1. The van der Waals surface area contributed by atoms with Crippen LogP contribution in [0.3, 0.4) is 0 Å². The van der Waals surface area contributed by atoms with Crippen molar-refractivity contribution >= 4 is 28.6 Å². The number of hydrogen-bond acceptors (Lipinski definition) is 1. The molecule has 3 heteroatoms. The van der Waals surface area contributed by atoms with Crippen molar-refractivity contribution in [3.8, 4) is 0 Å². The van der Waals surface area contributed by atoms with E-state index in [0.29, 0.717) is 5.88 Å². The summed E-state index contributed by atoms with van der Waals surface area (Å²) in [5, 5.41) is 8.05. The highest BCUT2D eigenvalue weighted by molar-refractivity contribution is 6.19. The Morgan fingerprint density at radius 1 is 1.46 bits per heavy atom. The van der Waals surface area contributed by atoms with E-state index in [1.54, 1.807) is 0 Å². The molecule has 0 unspecified atom stereocenters. The molecule has 0 saturated heterocycles. The van der Waals surface area contributed by atoms with Crippen molar-refractivity contribution in [3.63, 3.8) is 0 Å². The first-order chi connectivity index (χ1) is 6.42. The van der Waals surface area contributed by atoms with Crippen LogP contribution in [-0.4, -0.2) is 16.1 Å². The molecule has 0 aliphatic carbocycles. The molecule has 0 fully saturated rings. The van der Waals surface area contributed by atoms with Crippen LogP contribution < -0.4 is 0 Å². The van der Waals surface area contributed by atoms with Gasteiger partial charge in [-0.3, -0.25) is 5.10 Å². The fraction of sp³-hybridized carbons (Fsp3) is 0.100. The summed E-state index contributed by atoms with van der Waals surface area (Å²) in [6, 6.07) is 6.06. The number of aromatic amines is 1. The number of aromatic nitrogens is 2. The van der Waals surface area contributed by atoms with E-state index in [9.17, 15) is 0 Å². The van der Waals surface area contributed by atoms with Gasteiger partial charge < -0.3 is 0 Å². The van der Waals surface area contributed by atoms with Crippen LogP contribution in [0, 0.1) is 0 Å². The predicted molar refractivity (Wildman–Crippen MR) is 55.8 cm³/mol. The molecule has 13 heavy (non-hydrogen) atoms. The Morgan fingerprint density at radius 3 is 3.23 bits per heavy atom. The molecule has 0 amide bonds. The fourth-order valence-corrected chi connectivity index (χ4v) is 1.39. The van der Waals surface area contributed by atoms with Crippen LogP contribution in [0.25, 0.3) is 17.0 Å². The van der Waals surface area contributed by atoms with Gasteiger partial charge in [-0.25, -0.2) is 0 Å². The quantitative estimate of drug-likeness (QED) is 0.729. The highest BCUT2D eigenvalue weighted by Gasteiger charge is 1.97. The van der Waals surface area contributed by atoms with Crippen LogP contribution in [0.4, 0.5) is 0 Å². The van der Waals surface area contributed by atoms with Gasteiger partial charge in [0, 0.05) is 11.3 Å². The SMILES string of the molecule is ClCC=Cc1cccc2cn[nH]c12. The molecule has 2 nitrogen and oxygen atoms in total. The number of rotatable bonds is 2. The van der Waals surface area contributed by atoms with Gasteiger partial charge >= 0.3 is 0 Å². The molecular weight excluding hydrogens is 184 g/mol. The molecule has 0 bridgehead atoms. The largest absolute Gasteiger partial charge is 0.277 e. The lowest BCUT2D eigenvalue weighted by molar-refractivity contribution is 1.12. The van der Waals surface area contributed by atoms with Crippen molar-refractivity contribution < 1.29 is 0 Å². The van der Waals surface area contributed by atoms with Gasteiger partial charge in [0.2, 0.25) is 0 Å². The van der Waals surface area contributed by atoms with Gasteiger partial charge in [0.1, 0.15) is 0 Å². The zero-order valence-electron chi connectivity index (χ0n) is 7.00. The van der Waals surface area contributed by atoms with Gasteiger partial charge in [-0.15, -0.1) is 11.6 Å². The summed E-state index contributed by atoms with van der Waals surface area (Å²) in [5.74, 6) is 0.532. The normalized spacial score (nSPS) is 11.5. The van der Waals surface area contributed by atoms with Gasteiger partial charge in [-0.1, -0.05) is 30.4 Å². The van der Waals surface area contributed by atoms with Crippen molar-refractivity contribution in [3.05, 3.63) is 36.0 Å². The first-order valence-corrected chi connectivity index (χ1v) is 4.60. The smallest absolute Gasteiger partial charge is 0.0722 e. The van der Waals surface area contributed by atoms with E-state index in [1.165, 1.54) is 0 Å². The van der Waals surface area contributed by atoms with E-state index in [-0.39, 0.29) is 0 Å². The van der Waals surface area contributed by atoms with Crippen molar-refractivity contribution in [1.82, 2.24) is 10.2 Å². The molecule has 0 atom stereocenters. The number of halogens is 1. The number of fused-ring (bicyclic) bond motifs is 1. The number of benzene rings is 1. The highest BCUT2D eigenvalue weighted by atomic mass is 35.5. The molecule has 1 heterocycles. The minimum absolute atomic E-state index is 0.532. The minimum atomic E-state index is 0.532. The summed E-state index contributed by atoms with van der Waals surface area (Å²) in [6.45, 7) is 0. The van der Waals surface area contributed by atoms with E-state index in [4.69, 9.17) is 11.6 Å². The number of alkyl halides is 1. The average Bonchev–Trinajstić information content (AvgIpc) is 2.62. The Kier molecular flexibility index (Phi) is 2.32. The first kappa shape index (κ1) is 8.32. The second-order valence-corrected chi connectivity index (χ2v) is 3.05. The van der Waals surface area contributed by atoms with Gasteiger partial charge in [0.25, 0.3) is 0 Å². The maximum absolute atomic E-state index is 5.56. The molecule has 1 aromatic carbocycles.